The lowest BCUT2D eigenvalue weighted by Crippen LogP contribution is -2.02. The molecule has 0 amide bonds. The normalized spacial score (nSPS) is 12.0. The Morgan fingerprint density at radius 1 is 1.05 bits per heavy atom. The molecule has 21 heavy (non-hydrogen) atoms. The van der Waals surface area contributed by atoms with Crippen molar-refractivity contribution in [3.8, 4) is 11.5 Å². The standard InChI is InChI=1S/C18H22O3/c1-12-7-13(2)9-15(8-12)11-21-18-10-16(20-4)5-6-17(18)14(3)19/h5-10,14,19H,11H2,1-4H3/t14-/m0/s1. The van der Waals surface area contributed by atoms with Crippen molar-refractivity contribution in [3.63, 3.8) is 0 Å². The fraction of sp³-hybridized carbons (Fsp3) is 0.333. The summed E-state index contributed by atoms with van der Waals surface area (Å²) >= 11 is 0. The van der Waals surface area contributed by atoms with Crippen LogP contribution in [0.1, 0.15) is 35.3 Å². The van der Waals surface area contributed by atoms with Crippen molar-refractivity contribution in [2.75, 3.05) is 7.11 Å². The summed E-state index contributed by atoms with van der Waals surface area (Å²) in [6, 6.07) is 11.8. The average molecular weight is 286 g/mol. The fourth-order valence-electron chi connectivity index (χ4n) is 2.43. The topological polar surface area (TPSA) is 38.7 Å². The molecule has 2 aromatic rings. The second-order valence-electron chi connectivity index (χ2n) is 5.36. The van der Waals surface area contributed by atoms with Gasteiger partial charge in [-0.3, -0.25) is 0 Å². The molecule has 0 aliphatic heterocycles. The Hall–Kier alpha value is -2.00. The number of hydrogen-bond acceptors (Lipinski definition) is 3. The maximum Gasteiger partial charge on any atom is 0.129 e. The van der Waals surface area contributed by atoms with Gasteiger partial charge in [0.25, 0.3) is 0 Å². The largest absolute Gasteiger partial charge is 0.497 e. The smallest absolute Gasteiger partial charge is 0.129 e. The zero-order chi connectivity index (χ0) is 15.4. The molecule has 0 saturated carbocycles. The van der Waals surface area contributed by atoms with E-state index in [1.165, 1.54) is 11.1 Å². The highest BCUT2D eigenvalue weighted by Crippen LogP contribution is 2.30. The predicted molar refractivity (Wildman–Crippen MR) is 83.9 cm³/mol. The molecule has 0 spiro atoms. The third-order valence-corrected chi connectivity index (χ3v) is 3.35. The minimum absolute atomic E-state index is 0.468. The lowest BCUT2D eigenvalue weighted by Gasteiger charge is -2.15. The highest BCUT2D eigenvalue weighted by molar-refractivity contribution is 5.42. The molecule has 2 rings (SSSR count). The Balaban J connectivity index is 2.21. The van der Waals surface area contributed by atoms with Gasteiger partial charge < -0.3 is 14.6 Å². The first-order chi connectivity index (χ1) is 9.99. The third kappa shape index (κ3) is 3.99. The van der Waals surface area contributed by atoms with E-state index in [0.29, 0.717) is 12.4 Å². The molecular weight excluding hydrogens is 264 g/mol. The van der Waals surface area contributed by atoms with Crippen LogP contribution in [-0.4, -0.2) is 12.2 Å². The maximum absolute atomic E-state index is 9.83. The Morgan fingerprint density at radius 3 is 2.29 bits per heavy atom. The maximum atomic E-state index is 9.83. The van der Waals surface area contributed by atoms with Crippen LogP contribution in [0.4, 0.5) is 0 Å². The van der Waals surface area contributed by atoms with Gasteiger partial charge in [-0.25, -0.2) is 0 Å². The van der Waals surface area contributed by atoms with Crippen molar-refractivity contribution in [3.05, 3.63) is 58.7 Å². The van der Waals surface area contributed by atoms with Crippen molar-refractivity contribution in [1.82, 2.24) is 0 Å². The lowest BCUT2D eigenvalue weighted by atomic mass is 10.1. The molecule has 0 bridgehead atoms. The summed E-state index contributed by atoms with van der Waals surface area (Å²) < 4.78 is 11.1. The van der Waals surface area contributed by atoms with Gasteiger partial charge in [-0.2, -0.15) is 0 Å². The van der Waals surface area contributed by atoms with E-state index in [1.54, 1.807) is 14.0 Å². The molecule has 112 valence electrons. The van der Waals surface area contributed by atoms with E-state index < -0.39 is 6.10 Å². The minimum atomic E-state index is -0.579. The van der Waals surface area contributed by atoms with E-state index >= 15 is 0 Å². The van der Waals surface area contributed by atoms with Crippen LogP contribution in [0.3, 0.4) is 0 Å². The van der Waals surface area contributed by atoms with Crippen LogP contribution >= 0.6 is 0 Å². The van der Waals surface area contributed by atoms with Gasteiger partial charge in [-0.1, -0.05) is 29.3 Å². The second kappa shape index (κ2) is 6.64. The van der Waals surface area contributed by atoms with Crippen molar-refractivity contribution in [1.29, 1.82) is 0 Å². The van der Waals surface area contributed by atoms with E-state index in [1.807, 2.05) is 18.2 Å². The summed E-state index contributed by atoms with van der Waals surface area (Å²) in [5, 5.41) is 9.83. The molecule has 0 aromatic heterocycles. The van der Waals surface area contributed by atoms with Crippen LogP contribution in [0.2, 0.25) is 0 Å². The monoisotopic (exact) mass is 286 g/mol. The number of rotatable bonds is 5. The van der Waals surface area contributed by atoms with Crippen LogP contribution in [0, 0.1) is 13.8 Å². The summed E-state index contributed by atoms with van der Waals surface area (Å²) in [6.45, 7) is 6.34. The molecule has 1 N–H and O–H groups in total. The zero-order valence-electron chi connectivity index (χ0n) is 13.0. The highest BCUT2D eigenvalue weighted by atomic mass is 16.5. The van der Waals surface area contributed by atoms with Gasteiger partial charge >= 0.3 is 0 Å². The van der Waals surface area contributed by atoms with E-state index in [-0.39, 0.29) is 0 Å². The number of aliphatic hydroxyl groups excluding tert-OH is 1. The molecule has 0 heterocycles. The highest BCUT2D eigenvalue weighted by Gasteiger charge is 2.11. The molecule has 0 aliphatic carbocycles. The van der Waals surface area contributed by atoms with Gasteiger partial charge in [-0.15, -0.1) is 0 Å². The van der Waals surface area contributed by atoms with E-state index in [9.17, 15) is 5.11 Å². The van der Waals surface area contributed by atoms with Crippen LogP contribution in [0.5, 0.6) is 11.5 Å². The van der Waals surface area contributed by atoms with Gasteiger partial charge in [0.1, 0.15) is 18.1 Å². The van der Waals surface area contributed by atoms with E-state index in [4.69, 9.17) is 9.47 Å². The molecule has 3 nitrogen and oxygen atoms in total. The quantitative estimate of drug-likeness (QED) is 0.904. The van der Waals surface area contributed by atoms with Crippen LogP contribution in [-0.2, 0) is 6.61 Å². The molecule has 0 saturated heterocycles. The van der Waals surface area contributed by atoms with Crippen LogP contribution in [0.15, 0.2) is 36.4 Å². The van der Waals surface area contributed by atoms with Gasteiger partial charge in [0.05, 0.1) is 13.2 Å². The first-order valence-corrected chi connectivity index (χ1v) is 7.05. The zero-order valence-corrected chi connectivity index (χ0v) is 13.0. The van der Waals surface area contributed by atoms with Crippen LogP contribution < -0.4 is 9.47 Å². The Morgan fingerprint density at radius 2 is 1.71 bits per heavy atom. The van der Waals surface area contributed by atoms with E-state index in [2.05, 4.69) is 32.0 Å². The molecule has 0 aliphatic rings. The number of benzene rings is 2. The average Bonchev–Trinajstić information content (AvgIpc) is 2.43. The summed E-state index contributed by atoms with van der Waals surface area (Å²) in [6.07, 6.45) is -0.579. The lowest BCUT2D eigenvalue weighted by molar-refractivity contribution is 0.190. The summed E-state index contributed by atoms with van der Waals surface area (Å²) in [7, 11) is 1.62. The van der Waals surface area contributed by atoms with Gasteiger partial charge in [-0.05, 0) is 38.5 Å². The third-order valence-electron chi connectivity index (χ3n) is 3.35. The Labute approximate surface area is 126 Å². The minimum Gasteiger partial charge on any atom is -0.497 e. The van der Waals surface area contributed by atoms with Crippen molar-refractivity contribution in [2.24, 2.45) is 0 Å². The molecule has 0 unspecified atom stereocenters. The van der Waals surface area contributed by atoms with Crippen molar-refractivity contribution < 1.29 is 14.6 Å². The van der Waals surface area contributed by atoms with Crippen molar-refractivity contribution >= 4 is 0 Å². The van der Waals surface area contributed by atoms with E-state index in [0.717, 1.165) is 16.9 Å². The molecule has 0 radical (unpaired) electrons. The Bertz CT molecular complexity index is 598. The van der Waals surface area contributed by atoms with Gasteiger partial charge in [0.15, 0.2) is 0 Å². The molecular formula is C18H22O3. The number of ether oxygens (including phenoxy) is 2. The second-order valence-corrected chi connectivity index (χ2v) is 5.36. The first-order valence-electron chi connectivity index (χ1n) is 7.05. The molecule has 2 aromatic carbocycles. The number of aryl methyl sites for hydroxylation is 2. The number of aliphatic hydroxyl groups is 1. The van der Waals surface area contributed by atoms with Gasteiger partial charge in [0.2, 0.25) is 0 Å². The van der Waals surface area contributed by atoms with Gasteiger partial charge in [0, 0.05) is 11.6 Å². The Kier molecular flexibility index (Phi) is 4.86. The van der Waals surface area contributed by atoms with Crippen LogP contribution in [0.25, 0.3) is 0 Å². The first kappa shape index (κ1) is 15.4. The SMILES string of the molecule is COc1ccc([C@H](C)O)c(OCc2cc(C)cc(C)c2)c1. The number of hydrogen-bond donors (Lipinski definition) is 1. The fourth-order valence-corrected chi connectivity index (χ4v) is 2.43. The molecule has 0 fully saturated rings. The summed E-state index contributed by atoms with van der Waals surface area (Å²) in [5.41, 5.74) is 4.32. The predicted octanol–water partition coefficient (Wildman–Crippen LogP) is 3.94. The molecule has 1 atom stereocenters. The number of methoxy groups -OCH3 is 1. The molecule has 3 heteroatoms. The van der Waals surface area contributed by atoms with Crippen molar-refractivity contribution in [2.45, 2.75) is 33.5 Å². The summed E-state index contributed by atoms with van der Waals surface area (Å²) in [4.78, 5) is 0. The summed E-state index contributed by atoms with van der Waals surface area (Å²) in [5.74, 6) is 1.37.